The fraction of sp³-hybridized carbons (Fsp3) is 0.727. The largest absolute Gasteiger partial charge is 0.468 e. The summed E-state index contributed by atoms with van der Waals surface area (Å²) in [5.74, 6) is -0.148. The summed E-state index contributed by atoms with van der Waals surface area (Å²) in [5.41, 5.74) is 1.22. The maximum Gasteiger partial charge on any atom is 0.326 e. The van der Waals surface area contributed by atoms with Crippen molar-refractivity contribution in [1.82, 2.24) is 15.5 Å². The van der Waals surface area contributed by atoms with Gasteiger partial charge in [-0.05, 0) is 25.8 Å². The van der Waals surface area contributed by atoms with Crippen LogP contribution < -0.4 is 5.32 Å². The first-order chi connectivity index (χ1) is 8.70. The van der Waals surface area contributed by atoms with Crippen LogP contribution in [0.3, 0.4) is 0 Å². The van der Waals surface area contributed by atoms with Crippen LogP contribution in [-0.4, -0.2) is 40.6 Å². The topological polar surface area (TPSA) is 64.1 Å². The van der Waals surface area contributed by atoms with Gasteiger partial charge in [-0.25, -0.2) is 0 Å². The number of nitrogens with one attached hydrogen (secondary N) is 1. The molecule has 2 unspecified atom stereocenters. The highest BCUT2D eigenvalue weighted by molar-refractivity contribution is 8.01. The van der Waals surface area contributed by atoms with E-state index in [-0.39, 0.29) is 5.97 Å². The van der Waals surface area contributed by atoms with Crippen molar-refractivity contribution in [2.75, 3.05) is 13.7 Å². The lowest BCUT2D eigenvalue weighted by Gasteiger charge is -2.27. The second-order valence-corrected chi connectivity index (χ2v) is 6.67. The second kappa shape index (κ2) is 5.99. The van der Waals surface area contributed by atoms with E-state index in [0.29, 0.717) is 5.25 Å². The summed E-state index contributed by atoms with van der Waals surface area (Å²) in [7, 11) is 1.45. The lowest BCUT2D eigenvalue weighted by atomic mass is 9.98. The van der Waals surface area contributed by atoms with Crippen LogP contribution in [0.5, 0.6) is 0 Å². The minimum Gasteiger partial charge on any atom is -0.468 e. The van der Waals surface area contributed by atoms with Crippen molar-refractivity contribution >= 4 is 29.1 Å². The molecule has 1 N–H and O–H groups in total. The van der Waals surface area contributed by atoms with Crippen LogP contribution in [0.25, 0.3) is 0 Å². The fourth-order valence-electron chi connectivity index (χ4n) is 2.41. The fourth-order valence-corrected chi connectivity index (χ4v) is 4.43. The van der Waals surface area contributed by atoms with Crippen LogP contribution in [0.15, 0.2) is 9.85 Å². The Kier molecular flexibility index (Phi) is 4.58. The van der Waals surface area contributed by atoms with E-state index in [9.17, 15) is 4.79 Å². The summed E-state index contributed by atoms with van der Waals surface area (Å²) in [6.07, 6.45) is 2.61. The maximum atomic E-state index is 12.0. The van der Waals surface area contributed by atoms with Gasteiger partial charge in [-0.2, -0.15) is 0 Å². The van der Waals surface area contributed by atoms with Gasteiger partial charge in [0.1, 0.15) is 11.0 Å². The Morgan fingerprint density at radius 2 is 2.61 bits per heavy atom. The molecule has 5 nitrogen and oxygen atoms in total. The Balaban J connectivity index is 2.01. The van der Waals surface area contributed by atoms with Gasteiger partial charge in [-0.3, -0.25) is 4.79 Å². The van der Waals surface area contributed by atoms with Gasteiger partial charge in [0.15, 0.2) is 4.34 Å². The van der Waals surface area contributed by atoms with Crippen molar-refractivity contribution in [3.05, 3.63) is 5.51 Å². The van der Waals surface area contributed by atoms with E-state index >= 15 is 0 Å². The molecule has 1 aromatic heterocycles. The number of hydrogen-bond acceptors (Lipinski definition) is 7. The molecule has 0 radical (unpaired) electrons. The van der Waals surface area contributed by atoms with Gasteiger partial charge in [0.2, 0.25) is 0 Å². The monoisotopic (exact) mass is 287 g/mol. The molecule has 2 rings (SSSR count). The van der Waals surface area contributed by atoms with Crippen molar-refractivity contribution in [2.45, 2.75) is 41.3 Å². The Hall–Kier alpha value is -0.660. The van der Waals surface area contributed by atoms with E-state index in [2.05, 4.69) is 15.5 Å². The highest BCUT2D eigenvalue weighted by Crippen LogP contribution is 2.41. The van der Waals surface area contributed by atoms with Gasteiger partial charge in [0.05, 0.1) is 7.11 Å². The van der Waals surface area contributed by atoms with E-state index < -0.39 is 5.54 Å². The first-order valence-electron chi connectivity index (χ1n) is 5.96. The minimum atomic E-state index is -0.508. The average Bonchev–Trinajstić information content (AvgIpc) is 3.00. The molecular formula is C11H17N3O2S2. The zero-order chi connectivity index (χ0) is 13.0. The molecule has 1 saturated carbocycles. The number of ether oxygens (including phenoxy) is 1. The van der Waals surface area contributed by atoms with Crippen molar-refractivity contribution < 1.29 is 9.53 Å². The van der Waals surface area contributed by atoms with Crippen LogP contribution in [0.2, 0.25) is 0 Å². The molecule has 1 aliphatic carbocycles. The van der Waals surface area contributed by atoms with Gasteiger partial charge in [-0.1, -0.05) is 30.0 Å². The van der Waals surface area contributed by atoms with Crippen LogP contribution in [-0.2, 0) is 9.53 Å². The lowest BCUT2D eigenvalue weighted by Crippen LogP contribution is -2.50. The quantitative estimate of drug-likeness (QED) is 0.832. The zero-order valence-corrected chi connectivity index (χ0v) is 12.1. The smallest absolute Gasteiger partial charge is 0.326 e. The van der Waals surface area contributed by atoms with E-state index in [1.165, 1.54) is 7.11 Å². The summed E-state index contributed by atoms with van der Waals surface area (Å²) in [6, 6.07) is 0. The third-order valence-electron chi connectivity index (χ3n) is 3.17. The van der Waals surface area contributed by atoms with E-state index in [1.54, 1.807) is 28.6 Å². The number of methoxy groups -OCH3 is 1. The number of rotatable bonds is 5. The van der Waals surface area contributed by atoms with Gasteiger partial charge < -0.3 is 10.1 Å². The first-order valence-corrected chi connectivity index (χ1v) is 7.72. The molecule has 0 bridgehead atoms. The molecule has 2 atom stereocenters. The molecule has 1 fully saturated rings. The highest BCUT2D eigenvalue weighted by Gasteiger charge is 2.46. The Labute approximate surface area is 115 Å². The molecule has 0 amide bonds. The van der Waals surface area contributed by atoms with E-state index in [4.69, 9.17) is 4.74 Å². The van der Waals surface area contributed by atoms with Gasteiger partial charge in [-0.15, -0.1) is 10.2 Å². The van der Waals surface area contributed by atoms with Gasteiger partial charge >= 0.3 is 5.97 Å². The summed E-state index contributed by atoms with van der Waals surface area (Å²) in [6.45, 7) is 2.78. The number of aromatic nitrogens is 2. The normalized spacial score (nSPS) is 27.3. The number of carbonyl (C=O) groups excluding carboxylic acids is 1. The Morgan fingerprint density at radius 1 is 1.78 bits per heavy atom. The number of nitrogens with zero attached hydrogens (tertiary/aromatic N) is 2. The van der Waals surface area contributed by atoms with Crippen molar-refractivity contribution in [2.24, 2.45) is 0 Å². The van der Waals surface area contributed by atoms with Gasteiger partial charge in [0.25, 0.3) is 0 Å². The minimum absolute atomic E-state index is 0.148. The lowest BCUT2D eigenvalue weighted by molar-refractivity contribution is -0.148. The number of likely N-dealkylation sites (N-methyl/N-ethyl adjacent to an activating group) is 1. The summed E-state index contributed by atoms with van der Waals surface area (Å²) in [4.78, 5) is 12.0. The molecule has 0 aromatic carbocycles. The molecule has 1 heterocycles. The Morgan fingerprint density at radius 3 is 3.22 bits per heavy atom. The summed E-state index contributed by atoms with van der Waals surface area (Å²) >= 11 is 3.25. The maximum absolute atomic E-state index is 12.0. The van der Waals surface area contributed by atoms with Crippen LogP contribution >= 0.6 is 23.1 Å². The van der Waals surface area contributed by atoms with Crippen molar-refractivity contribution in [3.8, 4) is 0 Å². The molecule has 0 aliphatic heterocycles. The number of esters is 1. The van der Waals surface area contributed by atoms with E-state index in [1.807, 2.05) is 6.92 Å². The standard InChI is InChI=1S/C11H17N3O2S2/c1-3-12-11(9(15)16-2)5-4-8(6-11)18-10-14-13-7-17-10/h7-8,12H,3-6H2,1-2H3. The third kappa shape index (κ3) is 2.84. The summed E-state index contributed by atoms with van der Waals surface area (Å²) in [5, 5.41) is 11.6. The second-order valence-electron chi connectivity index (χ2n) is 4.29. The van der Waals surface area contributed by atoms with Crippen molar-refractivity contribution in [1.29, 1.82) is 0 Å². The molecule has 1 aliphatic rings. The van der Waals surface area contributed by atoms with Crippen LogP contribution in [0.1, 0.15) is 26.2 Å². The molecule has 0 spiro atoms. The predicted octanol–water partition coefficient (Wildman–Crippen LogP) is 1.70. The van der Waals surface area contributed by atoms with Crippen molar-refractivity contribution in [3.63, 3.8) is 0 Å². The SMILES string of the molecule is CCNC1(C(=O)OC)CCC(Sc2nncs2)C1. The molecule has 100 valence electrons. The average molecular weight is 287 g/mol. The zero-order valence-electron chi connectivity index (χ0n) is 10.5. The Bertz CT molecular complexity index is 399. The summed E-state index contributed by atoms with van der Waals surface area (Å²) < 4.78 is 5.91. The molecular weight excluding hydrogens is 270 g/mol. The number of carbonyl (C=O) groups is 1. The first kappa shape index (κ1) is 13.8. The number of hydrogen-bond donors (Lipinski definition) is 1. The van der Waals surface area contributed by atoms with Gasteiger partial charge in [0, 0.05) is 5.25 Å². The molecule has 7 heteroatoms. The highest BCUT2D eigenvalue weighted by atomic mass is 32.2. The van der Waals surface area contributed by atoms with Crippen LogP contribution in [0, 0.1) is 0 Å². The molecule has 18 heavy (non-hydrogen) atoms. The molecule has 0 saturated heterocycles. The number of thioether (sulfide) groups is 1. The van der Waals surface area contributed by atoms with E-state index in [0.717, 1.165) is 30.1 Å². The predicted molar refractivity (Wildman–Crippen MR) is 71.8 cm³/mol. The third-order valence-corrected chi connectivity index (χ3v) is 5.25. The van der Waals surface area contributed by atoms with Crippen LogP contribution in [0.4, 0.5) is 0 Å². The molecule has 1 aromatic rings.